The molecule has 0 bridgehead atoms. The SMILES string of the molecule is CCOC(=O)C1(COS(=O)(=O)C(F)(F)F)CCN(C(=O)OC(C)(C)C)CC1. The summed E-state index contributed by atoms with van der Waals surface area (Å²) >= 11 is 0. The van der Waals surface area contributed by atoms with Crippen molar-refractivity contribution in [2.45, 2.75) is 51.6 Å². The summed E-state index contributed by atoms with van der Waals surface area (Å²) in [5, 5.41) is 0. The molecular weight excluding hydrogens is 395 g/mol. The highest BCUT2D eigenvalue weighted by Crippen LogP contribution is 2.36. The second kappa shape index (κ2) is 8.21. The van der Waals surface area contributed by atoms with E-state index in [2.05, 4.69) is 4.18 Å². The molecule has 1 amide bonds. The molecule has 0 aromatic heterocycles. The van der Waals surface area contributed by atoms with Crippen LogP contribution in [0.5, 0.6) is 0 Å². The van der Waals surface area contributed by atoms with E-state index in [0.717, 1.165) is 0 Å². The van der Waals surface area contributed by atoms with Crippen molar-refractivity contribution in [2.24, 2.45) is 5.41 Å². The number of carbonyl (C=O) groups is 2. The number of halogens is 3. The molecule has 1 aliphatic rings. The minimum absolute atomic E-state index is 0.0246. The lowest BCUT2D eigenvalue weighted by Crippen LogP contribution is -2.50. The Morgan fingerprint density at radius 3 is 2.04 bits per heavy atom. The van der Waals surface area contributed by atoms with Crippen molar-refractivity contribution in [1.29, 1.82) is 0 Å². The Balaban J connectivity index is 2.90. The molecule has 12 heteroatoms. The standard InChI is InChI=1S/C15H24F3NO7S/c1-5-24-11(20)14(10-25-27(22,23)15(16,17)18)6-8-19(9-7-14)12(21)26-13(2,3)4/h5-10H2,1-4H3. The van der Waals surface area contributed by atoms with Gasteiger partial charge in [0.2, 0.25) is 0 Å². The lowest BCUT2D eigenvalue weighted by molar-refractivity contribution is -0.161. The molecule has 8 nitrogen and oxygen atoms in total. The van der Waals surface area contributed by atoms with Crippen LogP contribution in [0.4, 0.5) is 18.0 Å². The van der Waals surface area contributed by atoms with E-state index in [9.17, 15) is 31.2 Å². The van der Waals surface area contributed by atoms with Crippen LogP contribution in [0.15, 0.2) is 0 Å². The smallest absolute Gasteiger partial charge is 0.465 e. The van der Waals surface area contributed by atoms with E-state index in [4.69, 9.17) is 9.47 Å². The molecule has 0 aromatic carbocycles. The van der Waals surface area contributed by atoms with Crippen LogP contribution >= 0.6 is 0 Å². The first-order chi connectivity index (χ1) is 12.1. The fourth-order valence-corrected chi connectivity index (χ4v) is 2.91. The maximum atomic E-state index is 12.5. The molecule has 0 unspecified atom stereocenters. The number of hydrogen-bond acceptors (Lipinski definition) is 7. The molecule has 1 aliphatic heterocycles. The zero-order valence-electron chi connectivity index (χ0n) is 15.6. The fraction of sp³-hybridized carbons (Fsp3) is 0.867. The maximum absolute atomic E-state index is 12.5. The molecule has 0 spiro atoms. The van der Waals surface area contributed by atoms with Gasteiger partial charge in [0, 0.05) is 13.1 Å². The summed E-state index contributed by atoms with van der Waals surface area (Å²) in [5.41, 5.74) is -7.94. The largest absolute Gasteiger partial charge is 0.523 e. The predicted octanol–water partition coefficient (Wildman–Crippen LogP) is 2.43. The number of rotatable bonds is 5. The van der Waals surface area contributed by atoms with Gasteiger partial charge in [-0.2, -0.15) is 21.6 Å². The lowest BCUT2D eigenvalue weighted by Gasteiger charge is -2.39. The minimum atomic E-state index is -5.85. The summed E-state index contributed by atoms with van der Waals surface area (Å²) < 4.78 is 74.0. The number of likely N-dealkylation sites (tertiary alicyclic amines) is 1. The Morgan fingerprint density at radius 2 is 1.63 bits per heavy atom. The molecule has 1 fully saturated rings. The minimum Gasteiger partial charge on any atom is -0.465 e. The Labute approximate surface area is 156 Å². The van der Waals surface area contributed by atoms with Gasteiger partial charge in [-0.1, -0.05) is 0 Å². The fourth-order valence-electron chi connectivity index (χ4n) is 2.39. The van der Waals surface area contributed by atoms with Crippen LogP contribution in [0, 0.1) is 5.41 Å². The highest BCUT2D eigenvalue weighted by atomic mass is 32.2. The Kier molecular flexibility index (Phi) is 7.14. The summed E-state index contributed by atoms with van der Waals surface area (Å²) in [7, 11) is -5.85. The molecule has 0 aromatic rings. The third-order valence-corrected chi connectivity index (χ3v) is 4.85. The van der Waals surface area contributed by atoms with Gasteiger partial charge in [-0.25, -0.2) is 4.79 Å². The van der Waals surface area contributed by atoms with Crippen LogP contribution in [-0.2, 0) is 28.6 Å². The molecule has 0 radical (unpaired) electrons. The lowest BCUT2D eigenvalue weighted by atomic mass is 9.79. The number of hydrogen-bond donors (Lipinski definition) is 0. The molecule has 0 N–H and O–H groups in total. The van der Waals surface area contributed by atoms with Crippen LogP contribution in [0.25, 0.3) is 0 Å². The van der Waals surface area contributed by atoms with Crippen molar-refractivity contribution in [3.05, 3.63) is 0 Å². The van der Waals surface area contributed by atoms with Crippen molar-refractivity contribution >= 4 is 22.2 Å². The Hall–Kier alpha value is -1.56. The first-order valence-electron chi connectivity index (χ1n) is 8.24. The molecule has 1 rings (SSSR count). The third kappa shape index (κ3) is 6.23. The molecule has 158 valence electrons. The van der Waals surface area contributed by atoms with Crippen LogP contribution in [0.1, 0.15) is 40.5 Å². The van der Waals surface area contributed by atoms with E-state index in [1.54, 1.807) is 20.8 Å². The topological polar surface area (TPSA) is 99.2 Å². The van der Waals surface area contributed by atoms with Crippen molar-refractivity contribution in [3.8, 4) is 0 Å². The number of amides is 1. The first-order valence-corrected chi connectivity index (χ1v) is 9.65. The second-order valence-corrected chi connectivity index (χ2v) is 8.74. The molecule has 27 heavy (non-hydrogen) atoms. The van der Waals surface area contributed by atoms with Crippen molar-refractivity contribution in [1.82, 2.24) is 4.90 Å². The molecule has 0 saturated carbocycles. The van der Waals surface area contributed by atoms with E-state index in [0.29, 0.717) is 0 Å². The maximum Gasteiger partial charge on any atom is 0.523 e. The Morgan fingerprint density at radius 1 is 1.11 bits per heavy atom. The summed E-state index contributed by atoms with van der Waals surface area (Å²) in [6.07, 6.45) is -0.888. The average Bonchev–Trinajstić information content (AvgIpc) is 2.51. The predicted molar refractivity (Wildman–Crippen MR) is 87.0 cm³/mol. The number of ether oxygens (including phenoxy) is 2. The second-order valence-electron chi connectivity index (χ2n) is 7.13. The molecule has 0 aliphatic carbocycles. The van der Waals surface area contributed by atoms with E-state index >= 15 is 0 Å². The van der Waals surface area contributed by atoms with E-state index in [-0.39, 0.29) is 32.5 Å². The zero-order valence-corrected chi connectivity index (χ0v) is 16.4. The highest BCUT2D eigenvalue weighted by molar-refractivity contribution is 7.87. The summed E-state index contributed by atoms with van der Waals surface area (Å²) in [5.74, 6) is -0.869. The molecule has 0 atom stereocenters. The van der Waals surface area contributed by atoms with Gasteiger partial charge in [0.1, 0.15) is 5.60 Å². The molecular formula is C15H24F3NO7S. The summed E-state index contributed by atoms with van der Waals surface area (Å²) in [6.45, 7) is 5.42. The van der Waals surface area contributed by atoms with Gasteiger partial charge in [0.05, 0.1) is 18.6 Å². The zero-order chi connectivity index (χ0) is 21.1. The molecule has 1 heterocycles. The van der Waals surface area contributed by atoms with Gasteiger partial charge < -0.3 is 14.4 Å². The van der Waals surface area contributed by atoms with Crippen molar-refractivity contribution in [2.75, 3.05) is 26.3 Å². The Bertz CT molecular complexity index is 647. The van der Waals surface area contributed by atoms with Crippen LogP contribution in [0.2, 0.25) is 0 Å². The monoisotopic (exact) mass is 419 g/mol. The van der Waals surface area contributed by atoms with Crippen LogP contribution in [-0.4, -0.2) is 62.8 Å². The van der Waals surface area contributed by atoms with Gasteiger partial charge in [-0.15, -0.1) is 0 Å². The van der Waals surface area contributed by atoms with Crippen LogP contribution < -0.4 is 0 Å². The number of piperidine rings is 1. The number of nitrogens with zero attached hydrogens (tertiary/aromatic N) is 1. The van der Waals surface area contributed by atoms with Gasteiger partial charge in [0.25, 0.3) is 0 Å². The van der Waals surface area contributed by atoms with E-state index < -0.39 is 45.3 Å². The average molecular weight is 419 g/mol. The highest BCUT2D eigenvalue weighted by Gasteiger charge is 2.51. The van der Waals surface area contributed by atoms with Gasteiger partial charge in [-0.3, -0.25) is 8.98 Å². The van der Waals surface area contributed by atoms with Crippen LogP contribution in [0.3, 0.4) is 0 Å². The molecule has 1 saturated heterocycles. The third-order valence-electron chi connectivity index (χ3n) is 3.85. The summed E-state index contributed by atoms with van der Waals surface area (Å²) in [4.78, 5) is 25.7. The van der Waals surface area contributed by atoms with Crippen molar-refractivity contribution in [3.63, 3.8) is 0 Å². The normalized spacial score (nSPS) is 18.1. The first kappa shape index (κ1) is 23.5. The van der Waals surface area contributed by atoms with Gasteiger partial charge in [0.15, 0.2) is 0 Å². The van der Waals surface area contributed by atoms with Gasteiger partial charge in [-0.05, 0) is 40.5 Å². The number of alkyl halides is 3. The quantitative estimate of drug-likeness (QED) is 0.383. The van der Waals surface area contributed by atoms with Crippen molar-refractivity contribution < 1.29 is 44.8 Å². The number of carbonyl (C=O) groups excluding carboxylic acids is 2. The van der Waals surface area contributed by atoms with E-state index in [1.165, 1.54) is 11.8 Å². The number of esters is 1. The van der Waals surface area contributed by atoms with Gasteiger partial charge >= 0.3 is 27.7 Å². The summed E-state index contributed by atoms with van der Waals surface area (Å²) in [6, 6.07) is 0. The van der Waals surface area contributed by atoms with E-state index in [1.807, 2.05) is 0 Å².